The predicted octanol–water partition coefficient (Wildman–Crippen LogP) is 0.870. The van der Waals surface area contributed by atoms with E-state index in [1.807, 2.05) is 0 Å². The molecule has 0 saturated carbocycles. The molecular formula is C11H21NO3. The third-order valence-corrected chi connectivity index (χ3v) is 2.84. The SMILES string of the molecule is O=C1CCCCCN1C(O)CCCCO. The molecule has 2 N–H and O–H groups in total. The van der Waals surface area contributed by atoms with Gasteiger partial charge < -0.3 is 15.1 Å². The number of hydrogen-bond acceptors (Lipinski definition) is 3. The number of unbranched alkanes of at least 4 members (excludes halogenated alkanes) is 1. The first kappa shape index (κ1) is 12.5. The van der Waals surface area contributed by atoms with E-state index in [0.717, 1.165) is 25.7 Å². The molecule has 15 heavy (non-hydrogen) atoms. The maximum Gasteiger partial charge on any atom is 0.224 e. The number of carbonyl (C=O) groups is 1. The zero-order chi connectivity index (χ0) is 11.1. The van der Waals surface area contributed by atoms with Gasteiger partial charge in [-0.15, -0.1) is 0 Å². The summed E-state index contributed by atoms with van der Waals surface area (Å²) in [5.74, 6) is 0.0731. The molecule has 1 aliphatic heterocycles. The molecule has 4 nitrogen and oxygen atoms in total. The molecule has 0 aliphatic carbocycles. The van der Waals surface area contributed by atoms with Crippen LogP contribution in [-0.4, -0.2) is 40.4 Å². The van der Waals surface area contributed by atoms with Gasteiger partial charge in [-0.25, -0.2) is 0 Å². The van der Waals surface area contributed by atoms with Crippen LogP contribution in [0.15, 0.2) is 0 Å². The van der Waals surface area contributed by atoms with Gasteiger partial charge in [-0.1, -0.05) is 6.42 Å². The molecule has 0 spiro atoms. The molecule has 1 fully saturated rings. The van der Waals surface area contributed by atoms with E-state index >= 15 is 0 Å². The van der Waals surface area contributed by atoms with E-state index in [1.165, 1.54) is 0 Å². The van der Waals surface area contributed by atoms with Crippen LogP contribution < -0.4 is 0 Å². The Balaban J connectivity index is 2.34. The lowest BCUT2D eigenvalue weighted by molar-refractivity contribution is -0.141. The zero-order valence-electron chi connectivity index (χ0n) is 9.19. The first-order valence-electron chi connectivity index (χ1n) is 5.84. The topological polar surface area (TPSA) is 60.8 Å². The van der Waals surface area contributed by atoms with Gasteiger partial charge in [0, 0.05) is 19.6 Å². The van der Waals surface area contributed by atoms with Crippen LogP contribution in [0.4, 0.5) is 0 Å². The summed E-state index contributed by atoms with van der Waals surface area (Å²) in [6.07, 6.45) is 4.96. The Morgan fingerprint density at radius 3 is 2.80 bits per heavy atom. The van der Waals surface area contributed by atoms with Gasteiger partial charge in [0.05, 0.1) is 0 Å². The monoisotopic (exact) mass is 215 g/mol. The van der Waals surface area contributed by atoms with Crippen molar-refractivity contribution in [1.29, 1.82) is 0 Å². The Morgan fingerprint density at radius 1 is 1.27 bits per heavy atom. The molecule has 0 aromatic carbocycles. The number of aliphatic hydroxyl groups is 2. The number of likely N-dealkylation sites (tertiary alicyclic amines) is 1. The summed E-state index contributed by atoms with van der Waals surface area (Å²) in [6.45, 7) is 0.833. The molecule has 1 amide bonds. The van der Waals surface area contributed by atoms with E-state index in [4.69, 9.17) is 5.11 Å². The van der Waals surface area contributed by atoms with E-state index in [0.29, 0.717) is 25.8 Å². The number of hydrogen-bond donors (Lipinski definition) is 2. The van der Waals surface area contributed by atoms with Crippen LogP contribution in [0.25, 0.3) is 0 Å². The van der Waals surface area contributed by atoms with E-state index in [1.54, 1.807) is 4.90 Å². The fourth-order valence-electron chi connectivity index (χ4n) is 1.91. The third kappa shape index (κ3) is 4.18. The molecule has 4 heteroatoms. The summed E-state index contributed by atoms with van der Waals surface area (Å²) in [7, 11) is 0. The molecule has 1 heterocycles. The van der Waals surface area contributed by atoms with Crippen molar-refractivity contribution in [3.8, 4) is 0 Å². The summed E-state index contributed by atoms with van der Waals surface area (Å²) >= 11 is 0. The second-order valence-corrected chi connectivity index (χ2v) is 4.10. The highest BCUT2D eigenvalue weighted by Crippen LogP contribution is 2.15. The number of amides is 1. The van der Waals surface area contributed by atoms with Crippen LogP contribution in [-0.2, 0) is 4.79 Å². The normalized spacial score (nSPS) is 20.1. The van der Waals surface area contributed by atoms with Crippen molar-refractivity contribution >= 4 is 5.91 Å². The first-order valence-corrected chi connectivity index (χ1v) is 5.84. The Hall–Kier alpha value is -0.610. The molecule has 0 aromatic heterocycles. The quantitative estimate of drug-likeness (QED) is 0.669. The van der Waals surface area contributed by atoms with Crippen molar-refractivity contribution in [3.63, 3.8) is 0 Å². The summed E-state index contributed by atoms with van der Waals surface area (Å²) in [4.78, 5) is 13.2. The number of nitrogens with zero attached hydrogens (tertiary/aromatic N) is 1. The molecule has 0 aromatic rings. The number of aliphatic hydroxyl groups excluding tert-OH is 2. The van der Waals surface area contributed by atoms with Gasteiger partial charge in [-0.2, -0.15) is 0 Å². The van der Waals surface area contributed by atoms with Crippen LogP contribution in [0, 0.1) is 0 Å². The fraction of sp³-hybridized carbons (Fsp3) is 0.909. The lowest BCUT2D eigenvalue weighted by atomic mass is 10.2. The van der Waals surface area contributed by atoms with E-state index in [9.17, 15) is 9.90 Å². The van der Waals surface area contributed by atoms with Crippen LogP contribution in [0.1, 0.15) is 44.9 Å². The van der Waals surface area contributed by atoms with Gasteiger partial charge in [-0.05, 0) is 32.1 Å². The Labute approximate surface area is 90.9 Å². The van der Waals surface area contributed by atoms with E-state index in [2.05, 4.69) is 0 Å². The largest absolute Gasteiger partial charge is 0.396 e. The van der Waals surface area contributed by atoms with Gasteiger partial charge in [0.15, 0.2) is 0 Å². The minimum absolute atomic E-state index is 0.0731. The van der Waals surface area contributed by atoms with Crippen molar-refractivity contribution < 1.29 is 15.0 Å². The van der Waals surface area contributed by atoms with Crippen molar-refractivity contribution in [2.45, 2.75) is 51.2 Å². The standard InChI is InChI=1S/C11H21NO3/c13-9-5-3-7-11(15)12-8-4-1-2-6-10(12)14/h11,13,15H,1-9H2. The average Bonchev–Trinajstić information content (AvgIpc) is 2.43. The Morgan fingerprint density at radius 2 is 2.07 bits per heavy atom. The minimum Gasteiger partial charge on any atom is -0.396 e. The minimum atomic E-state index is -0.651. The maximum absolute atomic E-state index is 11.6. The summed E-state index contributed by atoms with van der Waals surface area (Å²) in [6, 6.07) is 0. The molecule has 1 aliphatic rings. The van der Waals surface area contributed by atoms with Crippen LogP contribution in [0.3, 0.4) is 0 Å². The molecule has 88 valence electrons. The third-order valence-electron chi connectivity index (χ3n) is 2.84. The second kappa shape index (κ2) is 6.80. The van der Waals surface area contributed by atoms with Crippen LogP contribution in [0.2, 0.25) is 0 Å². The lowest BCUT2D eigenvalue weighted by Crippen LogP contribution is -2.39. The summed E-state index contributed by atoms with van der Waals surface area (Å²) in [5.41, 5.74) is 0. The second-order valence-electron chi connectivity index (χ2n) is 4.10. The average molecular weight is 215 g/mol. The highest BCUT2D eigenvalue weighted by molar-refractivity contribution is 5.76. The number of rotatable bonds is 5. The van der Waals surface area contributed by atoms with Crippen molar-refractivity contribution in [1.82, 2.24) is 4.90 Å². The molecule has 0 bridgehead atoms. The molecule has 1 unspecified atom stereocenters. The highest BCUT2D eigenvalue weighted by atomic mass is 16.3. The van der Waals surface area contributed by atoms with Crippen molar-refractivity contribution in [3.05, 3.63) is 0 Å². The predicted molar refractivity (Wildman–Crippen MR) is 57.1 cm³/mol. The Kier molecular flexibility index (Phi) is 5.65. The molecule has 1 saturated heterocycles. The Bertz CT molecular complexity index is 196. The summed E-state index contributed by atoms with van der Waals surface area (Å²) in [5, 5.41) is 18.4. The van der Waals surface area contributed by atoms with E-state index < -0.39 is 6.23 Å². The van der Waals surface area contributed by atoms with Gasteiger partial charge >= 0.3 is 0 Å². The molecule has 1 rings (SSSR count). The van der Waals surface area contributed by atoms with Crippen molar-refractivity contribution in [2.75, 3.05) is 13.2 Å². The van der Waals surface area contributed by atoms with Gasteiger partial charge in [0.2, 0.25) is 5.91 Å². The summed E-state index contributed by atoms with van der Waals surface area (Å²) < 4.78 is 0. The van der Waals surface area contributed by atoms with E-state index in [-0.39, 0.29) is 12.5 Å². The van der Waals surface area contributed by atoms with Crippen molar-refractivity contribution in [2.24, 2.45) is 0 Å². The smallest absolute Gasteiger partial charge is 0.224 e. The zero-order valence-corrected chi connectivity index (χ0v) is 9.19. The molecular weight excluding hydrogens is 194 g/mol. The van der Waals surface area contributed by atoms with Gasteiger partial charge in [0.25, 0.3) is 0 Å². The first-order chi connectivity index (χ1) is 7.25. The van der Waals surface area contributed by atoms with Gasteiger partial charge in [-0.3, -0.25) is 4.79 Å². The van der Waals surface area contributed by atoms with Gasteiger partial charge in [0.1, 0.15) is 6.23 Å². The number of carbonyl (C=O) groups excluding carboxylic acids is 1. The lowest BCUT2D eigenvalue weighted by Gasteiger charge is -2.26. The fourth-order valence-corrected chi connectivity index (χ4v) is 1.91. The van der Waals surface area contributed by atoms with Crippen LogP contribution >= 0.6 is 0 Å². The van der Waals surface area contributed by atoms with Crippen LogP contribution in [0.5, 0.6) is 0 Å². The highest BCUT2D eigenvalue weighted by Gasteiger charge is 2.22. The maximum atomic E-state index is 11.6. The molecule has 0 radical (unpaired) electrons. The molecule has 1 atom stereocenters.